The second-order valence-corrected chi connectivity index (χ2v) is 9.33. The van der Waals surface area contributed by atoms with Crippen molar-refractivity contribution in [1.82, 2.24) is 15.3 Å². The number of rotatable bonds is 6. The second kappa shape index (κ2) is 9.98. The lowest BCUT2D eigenvalue weighted by molar-refractivity contribution is 0.0977. The Labute approximate surface area is 197 Å². The lowest BCUT2D eigenvalue weighted by Gasteiger charge is -2.11. The Kier molecular flexibility index (Phi) is 7.35. The molecular formula is C19H16IN5O4S2. The molecule has 9 nitrogen and oxygen atoms in total. The minimum Gasteiger partial charge on any atom is -0.481 e. The van der Waals surface area contributed by atoms with E-state index in [1.54, 1.807) is 18.2 Å². The predicted molar refractivity (Wildman–Crippen MR) is 129 cm³/mol. The van der Waals surface area contributed by atoms with Crippen LogP contribution in [0.25, 0.3) is 0 Å². The zero-order valence-corrected chi connectivity index (χ0v) is 19.8. The van der Waals surface area contributed by atoms with E-state index in [-0.39, 0.29) is 27.6 Å². The quantitative estimate of drug-likeness (QED) is 0.306. The van der Waals surface area contributed by atoms with Crippen molar-refractivity contribution in [2.45, 2.75) is 4.90 Å². The zero-order valence-electron chi connectivity index (χ0n) is 16.0. The summed E-state index contributed by atoms with van der Waals surface area (Å²) in [4.78, 5) is 20.0. The highest BCUT2D eigenvalue weighted by atomic mass is 127. The highest BCUT2D eigenvalue weighted by Crippen LogP contribution is 2.18. The van der Waals surface area contributed by atoms with Gasteiger partial charge in [0.25, 0.3) is 15.9 Å². The molecule has 160 valence electrons. The summed E-state index contributed by atoms with van der Waals surface area (Å²) in [6.45, 7) is 0. The maximum atomic E-state index is 12.5. The molecule has 31 heavy (non-hydrogen) atoms. The number of halogens is 1. The summed E-state index contributed by atoms with van der Waals surface area (Å²) >= 11 is 7.27. The normalized spacial score (nSPS) is 10.8. The van der Waals surface area contributed by atoms with Gasteiger partial charge in [0.1, 0.15) is 12.1 Å². The number of hydrogen-bond donors (Lipinski definition) is 3. The number of ether oxygens (including phenoxy) is 1. The third kappa shape index (κ3) is 6.32. The van der Waals surface area contributed by atoms with E-state index in [0.717, 1.165) is 3.57 Å². The fourth-order valence-corrected chi connectivity index (χ4v) is 4.14. The van der Waals surface area contributed by atoms with Crippen molar-refractivity contribution in [3.63, 3.8) is 0 Å². The van der Waals surface area contributed by atoms with E-state index in [2.05, 4.69) is 47.9 Å². The minimum atomic E-state index is -3.87. The highest BCUT2D eigenvalue weighted by molar-refractivity contribution is 14.1. The third-order valence-corrected chi connectivity index (χ3v) is 6.07. The van der Waals surface area contributed by atoms with Gasteiger partial charge in [0.2, 0.25) is 5.88 Å². The molecule has 3 aromatic rings. The minimum absolute atomic E-state index is 0.0180. The van der Waals surface area contributed by atoms with E-state index in [0.29, 0.717) is 11.3 Å². The summed E-state index contributed by atoms with van der Waals surface area (Å²) in [6.07, 6.45) is 1.19. The van der Waals surface area contributed by atoms with Gasteiger partial charge in [0.05, 0.1) is 12.0 Å². The zero-order chi connectivity index (χ0) is 22.4. The summed E-state index contributed by atoms with van der Waals surface area (Å²) in [5, 5.41) is 5.52. The average molecular weight is 569 g/mol. The molecule has 3 rings (SSSR count). The van der Waals surface area contributed by atoms with E-state index in [9.17, 15) is 13.2 Å². The van der Waals surface area contributed by atoms with Crippen LogP contribution in [0.1, 0.15) is 10.4 Å². The summed E-state index contributed by atoms with van der Waals surface area (Å²) in [5.41, 5.74) is 0.987. The van der Waals surface area contributed by atoms with Crippen molar-refractivity contribution in [3.05, 3.63) is 70.1 Å². The Hall–Kier alpha value is -2.84. The molecule has 1 heterocycles. The Morgan fingerprint density at radius 1 is 1.10 bits per heavy atom. The van der Waals surface area contributed by atoms with Crippen LogP contribution in [-0.4, -0.2) is 36.5 Å². The number of nitrogens with zero attached hydrogens (tertiary/aromatic N) is 2. The first-order valence-electron chi connectivity index (χ1n) is 8.63. The number of thiocarbonyl (C=S) groups is 1. The van der Waals surface area contributed by atoms with Gasteiger partial charge in [-0.2, -0.15) is 0 Å². The van der Waals surface area contributed by atoms with E-state index in [4.69, 9.17) is 17.0 Å². The standard InChI is InChI=1S/C19H16IN5O4S2/c1-29-17-10-16(21-11-22-17)25-31(27,28)15-7-5-14(6-8-15)23-19(30)24-18(26)12-3-2-4-13(20)9-12/h2-11H,1H3,(H,21,22,25)(H2,23,24,26,30). The van der Waals surface area contributed by atoms with E-state index < -0.39 is 10.0 Å². The highest BCUT2D eigenvalue weighted by Gasteiger charge is 2.16. The molecule has 0 spiro atoms. The molecule has 0 atom stereocenters. The lowest BCUT2D eigenvalue weighted by Crippen LogP contribution is -2.34. The second-order valence-electron chi connectivity index (χ2n) is 5.99. The third-order valence-electron chi connectivity index (χ3n) is 3.83. The lowest BCUT2D eigenvalue weighted by atomic mass is 10.2. The molecule has 0 fully saturated rings. The monoisotopic (exact) mass is 569 g/mol. The molecule has 1 aromatic heterocycles. The number of benzene rings is 2. The first-order chi connectivity index (χ1) is 14.8. The van der Waals surface area contributed by atoms with Crippen LogP contribution in [0, 0.1) is 3.57 Å². The molecule has 0 saturated heterocycles. The molecular weight excluding hydrogens is 553 g/mol. The number of nitrogens with one attached hydrogen (secondary N) is 3. The fraction of sp³-hybridized carbons (Fsp3) is 0.0526. The molecule has 0 aliphatic heterocycles. The van der Waals surface area contributed by atoms with Crippen molar-refractivity contribution in [3.8, 4) is 5.88 Å². The molecule has 0 aliphatic carbocycles. The molecule has 2 aromatic carbocycles. The Balaban J connectivity index is 1.63. The summed E-state index contributed by atoms with van der Waals surface area (Å²) < 4.78 is 33.3. The van der Waals surface area contributed by atoms with Crippen molar-refractivity contribution in [1.29, 1.82) is 0 Å². The van der Waals surface area contributed by atoms with E-state index in [1.165, 1.54) is 43.8 Å². The number of sulfonamides is 1. The van der Waals surface area contributed by atoms with Crippen LogP contribution >= 0.6 is 34.8 Å². The Morgan fingerprint density at radius 2 is 1.84 bits per heavy atom. The molecule has 0 bridgehead atoms. The number of anilines is 2. The van der Waals surface area contributed by atoms with Crippen LogP contribution in [0.5, 0.6) is 5.88 Å². The molecule has 0 saturated carbocycles. The van der Waals surface area contributed by atoms with Crippen molar-refractivity contribution < 1.29 is 17.9 Å². The average Bonchev–Trinajstić information content (AvgIpc) is 2.74. The summed E-state index contributed by atoms with van der Waals surface area (Å²) in [5.74, 6) is -0.0405. The number of carbonyl (C=O) groups excluding carboxylic acids is 1. The molecule has 3 N–H and O–H groups in total. The maximum absolute atomic E-state index is 12.5. The van der Waals surface area contributed by atoms with Gasteiger partial charge in [-0.1, -0.05) is 6.07 Å². The SMILES string of the molecule is COc1cc(NS(=O)(=O)c2ccc(NC(=S)NC(=O)c3cccc(I)c3)cc2)ncn1. The summed E-state index contributed by atoms with van der Waals surface area (Å²) in [6, 6.07) is 14.3. The van der Waals surface area contributed by atoms with Gasteiger partial charge < -0.3 is 10.1 Å². The van der Waals surface area contributed by atoms with E-state index >= 15 is 0 Å². The number of amides is 1. The first-order valence-corrected chi connectivity index (χ1v) is 11.6. The van der Waals surface area contributed by atoms with Gasteiger partial charge in [0, 0.05) is 20.9 Å². The Bertz CT molecular complexity index is 1220. The fourth-order valence-electron chi connectivity index (χ4n) is 2.39. The van der Waals surface area contributed by atoms with Crippen LogP contribution in [0.15, 0.2) is 65.8 Å². The van der Waals surface area contributed by atoms with Crippen LogP contribution < -0.4 is 20.1 Å². The van der Waals surface area contributed by atoms with Gasteiger partial charge >= 0.3 is 0 Å². The largest absolute Gasteiger partial charge is 0.481 e. The molecule has 12 heteroatoms. The number of hydrogen-bond acceptors (Lipinski definition) is 7. The maximum Gasteiger partial charge on any atom is 0.263 e. The number of methoxy groups -OCH3 is 1. The van der Waals surface area contributed by atoms with Gasteiger partial charge in [-0.15, -0.1) is 0 Å². The Morgan fingerprint density at radius 3 is 2.52 bits per heavy atom. The van der Waals surface area contributed by atoms with E-state index in [1.807, 2.05) is 6.07 Å². The van der Waals surface area contributed by atoms with Crippen molar-refractivity contribution in [2.24, 2.45) is 0 Å². The van der Waals surface area contributed by atoms with Gasteiger partial charge in [-0.25, -0.2) is 18.4 Å². The first kappa shape index (κ1) is 22.8. The smallest absolute Gasteiger partial charge is 0.263 e. The molecule has 0 radical (unpaired) electrons. The van der Waals surface area contributed by atoms with Gasteiger partial charge in [0.15, 0.2) is 5.11 Å². The molecule has 0 unspecified atom stereocenters. The summed E-state index contributed by atoms with van der Waals surface area (Å²) in [7, 11) is -2.45. The van der Waals surface area contributed by atoms with Crippen LogP contribution in [0.3, 0.4) is 0 Å². The van der Waals surface area contributed by atoms with Crippen LogP contribution in [0.2, 0.25) is 0 Å². The van der Waals surface area contributed by atoms with Gasteiger partial charge in [-0.3, -0.25) is 14.8 Å². The topological polar surface area (TPSA) is 122 Å². The predicted octanol–water partition coefficient (Wildman–Crippen LogP) is 3.02. The van der Waals surface area contributed by atoms with Crippen molar-refractivity contribution >= 4 is 67.4 Å². The van der Waals surface area contributed by atoms with Crippen molar-refractivity contribution in [2.75, 3.05) is 17.1 Å². The number of carbonyl (C=O) groups is 1. The molecule has 1 amide bonds. The number of aromatic nitrogens is 2. The van der Waals surface area contributed by atoms with Crippen LogP contribution in [-0.2, 0) is 10.0 Å². The van der Waals surface area contributed by atoms with Gasteiger partial charge in [-0.05, 0) is 77.3 Å². The molecule has 0 aliphatic rings. The van der Waals surface area contributed by atoms with Crippen LogP contribution in [0.4, 0.5) is 11.5 Å².